The van der Waals surface area contributed by atoms with Gasteiger partial charge in [0.05, 0.1) is 18.2 Å². The van der Waals surface area contributed by atoms with E-state index in [4.69, 9.17) is 21.1 Å². The Morgan fingerprint density at radius 3 is 2.73 bits per heavy atom. The number of methoxy groups -OCH3 is 1. The highest BCUT2D eigenvalue weighted by atomic mass is 79.9. The van der Waals surface area contributed by atoms with Crippen LogP contribution in [-0.2, 0) is 6.61 Å². The minimum atomic E-state index is -0.515. The second-order valence-corrected chi connectivity index (χ2v) is 7.19. The summed E-state index contributed by atoms with van der Waals surface area (Å²) in [5.41, 5.74) is 4.22. The van der Waals surface area contributed by atoms with E-state index >= 15 is 0 Å². The van der Waals surface area contributed by atoms with E-state index in [1.807, 2.05) is 18.2 Å². The molecule has 1 heterocycles. The van der Waals surface area contributed by atoms with Crippen LogP contribution in [0.25, 0.3) is 0 Å². The molecule has 0 bridgehead atoms. The van der Waals surface area contributed by atoms with E-state index in [-0.39, 0.29) is 5.69 Å². The Kier molecular flexibility index (Phi) is 7.21. The van der Waals surface area contributed by atoms with Crippen LogP contribution in [0.4, 0.5) is 11.5 Å². The molecular formula is C20H16BrClN4O4. The monoisotopic (exact) mass is 490 g/mol. The Hall–Kier alpha value is -3.17. The number of hydrazone groups is 1. The molecule has 1 N–H and O–H groups in total. The molecule has 10 heteroatoms. The van der Waals surface area contributed by atoms with Gasteiger partial charge >= 0.3 is 0 Å². The van der Waals surface area contributed by atoms with Crippen LogP contribution in [0.5, 0.6) is 11.5 Å². The number of anilines is 1. The first-order valence-electron chi connectivity index (χ1n) is 8.61. The van der Waals surface area contributed by atoms with E-state index in [1.165, 1.54) is 12.1 Å². The van der Waals surface area contributed by atoms with Crippen LogP contribution in [0.2, 0.25) is 5.02 Å². The molecule has 154 valence electrons. The van der Waals surface area contributed by atoms with Crippen LogP contribution in [0, 0.1) is 10.1 Å². The molecule has 30 heavy (non-hydrogen) atoms. The van der Waals surface area contributed by atoms with E-state index in [9.17, 15) is 10.1 Å². The molecule has 1 aromatic heterocycles. The topological polar surface area (TPSA) is 98.9 Å². The summed E-state index contributed by atoms with van der Waals surface area (Å²) < 4.78 is 12.0. The Balaban J connectivity index is 1.70. The van der Waals surface area contributed by atoms with Crippen molar-refractivity contribution in [1.82, 2.24) is 4.98 Å². The maximum atomic E-state index is 10.7. The van der Waals surface area contributed by atoms with E-state index in [1.54, 1.807) is 31.5 Å². The molecule has 0 fully saturated rings. The molecule has 0 radical (unpaired) electrons. The zero-order valence-corrected chi connectivity index (χ0v) is 18.1. The summed E-state index contributed by atoms with van der Waals surface area (Å²) in [6.07, 6.45) is 2.72. The summed E-state index contributed by atoms with van der Waals surface area (Å²) >= 11 is 9.66. The number of benzene rings is 2. The summed E-state index contributed by atoms with van der Waals surface area (Å²) in [5.74, 6) is 1.45. The van der Waals surface area contributed by atoms with Gasteiger partial charge in [-0.2, -0.15) is 5.10 Å². The van der Waals surface area contributed by atoms with E-state index in [2.05, 4.69) is 31.4 Å². The quantitative estimate of drug-likeness (QED) is 0.256. The number of nitrogens with zero attached hydrogens (tertiary/aromatic N) is 3. The lowest BCUT2D eigenvalue weighted by Crippen LogP contribution is -2.00. The number of pyridine rings is 1. The second kappa shape index (κ2) is 10.0. The van der Waals surface area contributed by atoms with Gasteiger partial charge in [-0.3, -0.25) is 15.5 Å². The van der Waals surface area contributed by atoms with Gasteiger partial charge in [-0.1, -0.05) is 29.8 Å². The fourth-order valence-electron chi connectivity index (χ4n) is 2.42. The third kappa shape index (κ3) is 5.46. The van der Waals surface area contributed by atoms with Gasteiger partial charge in [0.15, 0.2) is 11.5 Å². The molecule has 0 aliphatic carbocycles. The van der Waals surface area contributed by atoms with Crippen LogP contribution in [0.1, 0.15) is 11.1 Å². The molecular weight excluding hydrogens is 476 g/mol. The number of nitro groups is 1. The molecule has 0 atom stereocenters. The number of halogens is 2. The zero-order valence-electron chi connectivity index (χ0n) is 15.7. The molecule has 0 saturated heterocycles. The number of hydrogen-bond acceptors (Lipinski definition) is 7. The first-order valence-corrected chi connectivity index (χ1v) is 9.78. The van der Waals surface area contributed by atoms with Gasteiger partial charge in [-0.15, -0.1) is 0 Å². The standard InChI is InChI=1S/C20H16BrClN4O4/c1-29-18-8-14(10-24-25-20-7-6-15(11-23-20)26(27)28)16(21)9-19(18)30-12-13-4-2-3-5-17(13)22/h2-11H,12H2,1H3,(H,23,25)/b24-10+. The fraction of sp³-hybridized carbons (Fsp3) is 0.100. The van der Waals surface area contributed by atoms with Crippen LogP contribution in [0.15, 0.2) is 64.3 Å². The highest BCUT2D eigenvalue weighted by Crippen LogP contribution is 2.34. The summed E-state index contributed by atoms with van der Waals surface area (Å²) in [6.45, 7) is 0.295. The largest absolute Gasteiger partial charge is 0.493 e. The van der Waals surface area contributed by atoms with E-state index in [0.29, 0.717) is 28.9 Å². The average Bonchev–Trinajstić information content (AvgIpc) is 2.74. The molecule has 0 spiro atoms. The lowest BCUT2D eigenvalue weighted by molar-refractivity contribution is -0.385. The van der Waals surface area contributed by atoms with Crippen molar-refractivity contribution in [2.24, 2.45) is 5.10 Å². The Labute approximate surface area is 185 Å². The summed E-state index contributed by atoms with van der Waals surface area (Å²) in [5, 5.41) is 15.4. The van der Waals surface area contributed by atoms with Gasteiger partial charge in [0.25, 0.3) is 5.69 Å². The third-order valence-corrected chi connectivity index (χ3v) is 5.02. The predicted molar refractivity (Wildman–Crippen MR) is 119 cm³/mol. The van der Waals surface area contributed by atoms with Crippen molar-refractivity contribution < 1.29 is 14.4 Å². The first-order chi connectivity index (χ1) is 14.5. The lowest BCUT2D eigenvalue weighted by Gasteiger charge is -2.13. The molecule has 0 amide bonds. The normalized spacial score (nSPS) is 10.8. The highest BCUT2D eigenvalue weighted by Gasteiger charge is 2.11. The van der Waals surface area contributed by atoms with Crippen molar-refractivity contribution >= 4 is 45.3 Å². The zero-order chi connectivity index (χ0) is 21.5. The van der Waals surface area contributed by atoms with Crippen molar-refractivity contribution in [3.63, 3.8) is 0 Å². The second-order valence-electron chi connectivity index (χ2n) is 5.93. The van der Waals surface area contributed by atoms with Crippen molar-refractivity contribution in [1.29, 1.82) is 0 Å². The third-order valence-electron chi connectivity index (χ3n) is 3.97. The fourth-order valence-corrected chi connectivity index (χ4v) is 3.04. The molecule has 0 saturated carbocycles. The molecule has 0 unspecified atom stereocenters. The number of ether oxygens (including phenoxy) is 2. The number of hydrogen-bond donors (Lipinski definition) is 1. The Morgan fingerprint density at radius 2 is 2.07 bits per heavy atom. The predicted octanol–water partition coefficient (Wildman–Crippen LogP) is 5.44. The number of rotatable bonds is 8. The Morgan fingerprint density at radius 1 is 1.27 bits per heavy atom. The van der Waals surface area contributed by atoms with Crippen molar-refractivity contribution in [2.45, 2.75) is 6.61 Å². The minimum absolute atomic E-state index is 0.0932. The number of aromatic nitrogens is 1. The molecule has 2 aromatic carbocycles. The highest BCUT2D eigenvalue weighted by molar-refractivity contribution is 9.10. The summed E-state index contributed by atoms with van der Waals surface area (Å²) in [7, 11) is 1.55. The van der Waals surface area contributed by atoms with E-state index in [0.717, 1.165) is 21.8 Å². The van der Waals surface area contributed by atoms with Crippen molar-refractivity contribution in [2.75, 3.05) is 12.5 Å². The summed E-state index contributed by atoms with van der Waals surface area (Å²) in [4.78, 5) is 14.1. The maximum absolute atomic E-state index is 10.7. The van der Waals surface area contributed by atoms with Crippen LogP contribution < -0.4 is 14.9 Å². The molecule has 3 aromatic rings. The van der Waals surface area contributed by atoms with Gasteiger partial charge in [0.1, 0.15) is 18.6 Å². The van der Waals surface area contributed by atoms with Crippen LogP contribution in [0.3, 0.4) is 0 Å². The van der Waals surface area contributed by atoms with Gasteiger partial charge < -0.3 is 9.47 Å². The van der Waals surface area contributed by atoms with Crippen molar-refractivity contribution in [3.8, 4) is 11.5 Å². The average molecular weight is 492 g/mol. The van der Waals surface area contributed by atoms with Gasteiger partial charge in [0.2, 0.25) is 0 Å². The van der Waals surface area contributed by atoms with Crippen molar-refractivity contribution in [3.05, 3.63) is 85.5 Å². The SMILES string of the molecule is COc1cc(/C=N/Nc2ccc([N+](=O)[O-])cn2)c(Br)cc1OCc1ccccc1Cl. The Bertz CT molecular complexity index is 1080. The minimum Gasteiger partial charge on any atom is -0.493 e. The molecule has 8 nitrogen and oxygen atoms in total. The maximum Gasteiger partial charge on any atom is 0.287 e. The molecule has 3 rings (SSSR count). The van der Waals surface area contributed by atoms with E-state index < -0.39 is 4.92 Å². The van der Waals surface area contributed by atoms with Crippen LogP contribution in [-0.4, -0.2) is 23.2 Å². The lowest BCUT2D eigenvalue weighted by atomic mass is 10.2. The first kappa shape index (κ1) is 21.5. The van der Waals surface area contributed by atoms with Crippen LogP contribution >= 0.6 is 27.5 Å². The molecule has 0 aliphatic rings. The van der Waals surface area contributed by atoms with Gasteiger partial charge in [-0.25, -0.2) is 4.98 Å². The molecule has 0 aliphatic heterocycles. The summed E-state index contributed by atoms with van der Waals surface area (Å²) in [6, 6.07) is 13.8. The van der Waals surface area contributed by atoms with Gasteiger partial charge in [0, 0.05) is 26.7 Å². The van der Waals surface area contributed by atoms with Gasteiger partial charge in [-0.05, 0) is 40.2 Å². The number of nitrogens with one attached hydrogen (secondary N) is 1. The smallest absolute Gasteiger partial charge is 0.287 e.